The summed E-state index contributed by atoms with van der Waals surface area (Å²) in [5.41, 5.74) is 2.81. The number of hydrogen-bond donors (Lipinski definition) is 0. The van der Waals surface area contributed by atoms with Gasteiger partial charge in [-0.1, -0.05) is 36.4 Å². The predicted octanol–water partition coefficient (Wildman–Crippen LogP) is 3.10. The lowest BCUT2D eigenvalue weighted by molar-refractivity contribution is 0.0593. The Labute approximate surface area is 128 Å². The number of benzene rings is 2. The number of nitrogens with zero attached hydrogens (tertiary/aromatic N) is 1. The van der Waals surface area contributed by atoms with E-state index >= 15 is 0 Å². The summed E-state index contributed by atoms with van der Waals surface area (Å²) in [6.07, 6.45) is 3.65. The second-order valence-electron chi connectivity index (χ2n) is 4.98. The zero-order valence-electron chi connectivity index (χ0n) is 12.2. The average Bonchev–Trinajstić information content (AvgIpc) is 2.60. The van der Waals surface area contributed by atoms with E-state index in [0.29, 0.717) is 12.1 Å². The van der Waals surface area contributed by atoms with Crippen LogP contribution >= 0.6 is 0 Å². The Morgan fingerprint density at radius 2 is 1.68 bits per heavy atom. The summed E-state index contributed by atoms with van der Waals surface area (Å²) < 4.78 is 4.74. The van der Waals surface area contributed by atoms with Crippen LogP contribution in [0.15, 0.2) is 54.7 Å². The van der Waals surface area contributed by atoms with Crippen LogP contribution in [0.4, 0.5) is 0 Å². The summed E-state index contributed by atoms with van der Waals surface area (Å²) in [6.45, 7) is 0.487. The van der Waals surface area contributed by atoms with E-state index in [1.807, 2.05) is 30.3 Å². The van der Waals surface area contributed by atoms with Crippen LogP contribution in [-0.2, 0) is 11.3 Å². The molecule has 0 N–H and O–H groups in total. The molecule has 1 aliphatic rings. The number of carbonyl (C=O) groups excluding carboxylic acids is 2. The van der Waals surface area contributed by atoms with Crippen molar-refractivity contribution in [3.63, 3.8) is 0 Å². The Balaban J connectivity index is 1.92. The van der Waals surface area contributed by atoms with Crippen molar-refractivity contribution in [3.8, 4) is 0 Å². The average molecular weight is 293 g/mol. The molecule has 0 aliphatic carbocycles. The molecule has 1 heterocycles. The highest BCUT2D eigenvalue weighted by atomic mass is 16.5. The molecule has 4 nitrogen and oxygen atoms in total. The van der Waals surface area contributed by atoms with Crippen molar-refractivity contribution in [2.24, 2.45) is 0 Å². The van der Waals surface area contributed by atoms with E-state index in [-0.39, 0.29) is 11.5 Å². The van der Waals surface area contributed by atoms with Gasteiger partial charge in [-0.05, 0) is 29.3 Å². The van der Waals surface area contributed by atoms with Crippen LogP contribution < -0.4 is 0 Å². The molecule has 3 rings (SSSR count). The van der Waals surface area contributed by atoms with Crippen molar-refractivity contribution in [2.45, 2.75) is 6.54 Å². The number of rotatable bonds is 2. The van der Waals surface area contributed by atoms with Gasteiger partial charge in [-0.3, -0.25) is 4.79 Å². The van der Waals surface area contributed by atoms with E-state index in [9.17, 15) is 9.59 Å². The Kier molecular flexibility index (Phi) is 3.74. The van der Waals surface area contributed by atoms with Crippen molar-refractivity contribution in [3.05, 3.63) is 77.0 Å². The lowest BCUT2D eigenvalue weighted by Gasteiger charge is -2.24. The van der Waals surface area contributed by atoms with Crippen LogP contribution in [0.3, 0.4) is 0 Å². The topological polar surface area (TPSA) is 46.6 Å². The summed E-state index contributed by atoms with van der Waals surface area (Å²) >= 11 is 0. The van der Waals surface area contributed by atoms with Gasteiger partial charge in [0.2, 0.25) is 0 Å². The molecule has 4 heteroatoms. The lowest BCUT2D eigenvalue weighted by atomic mass is 10.0. The molecule has 0 spiro atoms. The molecule has 2 aromatic rings. The minimum Gasteiger partial charge on any atom is -0.465 e. The molecule has 0 saturated carbocycles. The smallest absolute Gasteiger partial charge is 0.338 e. The van der Waals surface area contributed by atoms with E-state index in [4.69, 9.17) is 4.74 Å². The van der Waals surface area contributed by atoms with Crippen LogP contribution in [-0.4, -0.2) is 23.9 Å². The number of amides is 1. The first-order valence-corrected chi connectivity index (χ1v) is 6.95. The van der Waals surface area contributed by atoms with E-state index in [1.54, 1.807) is 35.4 Å². The zero-order chi connectivity index (χ0) is 15.5. The molecule has 0 saturated heterocycles. The maximum Gasteiger partial charge on any atom is 0.338 e. The fourth-order valence-electron chi connectivity index (χ4n) is 2.50. The fraction of sp³-hybridized carbons (Fsp3) is 0.111. The minimum absolute atomic E-state index is 0.216. The summed E-state index contributed by atoms with van der Waals surface area (Å²) in [4.78, 5) is 26.1. The molecule has 1 amide bonds. The highest BCUT2D eigenvalue weighted by Crippen LogP contribution is 2.22. The van der Waals surface area contributed by atoms with Crippen LogP contribution in [0, 0.1) is 0 Å². The van der Waals surface area contributed by atoms with Gasteiger partial charge in [0.1, 0.15) is 0 Å². The number of hydrogen-bond acceptors (Lipinski definition) is 3. The summed E-state index contributed by atoms with van der Waals surface area (Å²) in [5.74, 6) is -0.725. The third-order valence-electron chi connectivity index (χ3n) is 3.65. The molecule has 0 atom stereocenters. The van der Waals surface area contributed by atoms with Gasteiger partial charge in [-0.2, -0.15) is 0 Å². The van der Waals surface area contributed by atoms with Crippen LogP contribution in [0.25, 0.3) is 6.08 Å². The quantitative estimate of drug-likeness (QED) is 0.799. The molecule has 0 radical (unpaired) electrons. The Morgan fingerprint density at radius 3 is 2.45 bits per heavy atom. The molecule has 0 fully saturated rings. The Bertz CT molecular complexity index is 764. The van der Waals surface area contributed by atoms with Crippen LogP contribution in [0.1, 0.15) is 31.8 Å². The van der Waals surface area contributed by atoms with Gasteiger partial charge in [0, 0.05) is 6.20 Å². The lowest BCUT2D eigenvalue weighted by Crippen LogP contribution is -2.28. The first kappa shape index (κ1) is 14.1. The van der Waals surface area contributed by atoms with Crippen molar-refractivity contribution in [2.75, 3.05) is 7.11 Å². The highest BCUT2D eigenvalue weighted by Gasteiger charge is 2.23. The van der Waals surface area contributed by atoms with Crippen molar-refractivity contribution < 1.29 is 14.3 Å². The van der Waals surface area contributed by atoms with E-state index in [0.717, 1.165) is 11.1 Å². The van der Waals surface area contributed by atoms with Gasteiger partial charge >= 0.3 is 5.97 Å². The van der Waals surface area contributed by atoms with Crippen molar-refractivity contribution in [1.82, 2.24) is 4.90 Å². The van der Waals surface area contributed by atoms with Gasteiger partial charge < -0.3 is 9.64 Å². The molecular formula is C18H15NO3. The van der Waals surface area contributed by atoms with Crippen molar-refractivity contribution in [1.29, 1.82) is 0 Å². The van der Waals surface area contributed by atoms with Gasteiger partial charge in [-0.25, -0.2) is 4.79 Å². The molecule has 22 heavy (non-hydrogen) atoms. The molecule has 0 aromatic heterocycles. The summed E-state index contributed by atoms with van der Waals surface area (Å²) in [5, 5.41) is 0. The first-order valence-electron chi connectivity index (χ1n) is 6.95. The second kappa shape index (κ2) is 5.85. The van der Waals surface area contributed by atoms with Gasteiger partial charge in [0.25, 0.3) is 5.91 Å². The second-order valence-corrected chi connectivity index (χ2v) is 4.98. The third kappa shape index (κ3) is 2.51. The molecule has 0 bridgehead atoms. The predicted molar refractivity (Wildman–Crippen MR) is 83.1 cm³/mol. The molecule has 2 aromatic carbocycles. The highest BCUT2D eigenvalue weighted by molar-refractivity contribution is 6.05. The third-order valence-corrected chi connectivity index (χ3v) is 3.65. The van der Waals surface area contributed by atoms with Crippen LogP contribution in [0.2, 0.25) is 0 Å². The Morgan fingerprint density at radius 1 is 1.00 bits per heavy atom. The largest absolute Gasteiger partial charge is 0.465 e. The van der Waals surface area contributed by atoms with E-state index in [1.165, 1.54) is 7.11 Å². The number of carbonyl (C=O) groups is 2. The minimum atomic E-state index is -0.509. The molecule has 1 aliphatic heterocycles. The molecule has 0 unspecified atom stereocenters. The van der Waals surface area contributed by atoms with E-state index < -0.39 is 5.97 Å². The van der Waals surface area contributed by atoms with Crippen LogP contribution in [0.5, 0.6) is 0 Å². The zero-order valence-corrected chi connectivity index (χ0v) is 12.2. The Hall–Kier alpha value is -2.88. The number of ether oxygens (including phenoxy) is 1. The fourth-order valence-corrected chi connectivity index (χ4v) is 2.50. The van der Waals surface area contributed by atoms with Gasteiger partial charge in [0.15, 0.2) is 0 Å². The van der Waals surface area contributed by atoms with Gasteiger partial charge in [-0.15, -0.1) is 0 Å². The summed E-state index contributed by atoms with van der Waals surface area (Å²) in [6, 6.07) is 14.6. The number of fused-ring (bicyclic) bond motifs is 1. The normalized spacial score (nSPS) is 12.7. The molecular weight excluding hydrogens is 278 g/mol. The summed E-state index contributed by atoms with van der Waals surface area (Å²) in [7, 11) is 1.31. The monoisotopic (exact) mass is 293 g/mol. The van der Waals surface area contributed by atoms with Gasteiger partial charge in [0.05, 0.1) is 24.8 Å². The number of esters is 1. The van der Waals surface area contributed by atoms with E-state index in [2.05, 4.69) is 0 Å². The first-order chi connectivity index (χ1) is 10.7. The van der Waals surface area contributed by atoms with Crippen molar-refractivity contribution >= 4 is 18.0 Å². The standard InChI is InChI=1S/C18H15NO3/c1-22-18(21)16-9-5-4-8-15(16)17(20)19-11-10-13-6-2-3-7-14(13)12-19/h2-11H,12H2,1H3. The maximum atomic E-state index is 12.7. The SMILES string of the molecule is COC(=O)c1ccccc1C(=O)N1C=Cc2ccccc2C1. The maximum absolute atomic E-state index is 12.7. The molecule has 110 valence electrons. The number of methoxy groups -OCH3 is 1.